The van der Waals surface area contributed by atoms with Crippen LogP contribution < -0.4 is 4.90 Å². The van der Waals surface area contributed by atoms with Gasteiger partial charge >= 0.3 is 0 Å². The molecule has 9 aromatic carbocycles. The molecule has 0 atom stereocenters. The molecule has 58 heavy (non-hydrogen) atoms. The fourth-order valence-electron chi connectivity index (χ4n) is 9.96. The van der Waals surface area contributed by atoms with Crippen LogP contribution in [0.1, 0.15) is 22.3 Å². The monoisotopic (exact) mass is 756 g/mol. The Kier molecular flexibility index (Phi) is 7.35. The van der Waals surface area contributed by atoms with Crippen molar-refractivity contribution in [2.75, 3.05) is 4.90 Å². The van der Waals surface area contributed by atoms with Crippen molar-refractivity contribution in [1.82, 2.24) is 4.57 Å². The summed E-state index contributed by atoms with van der Waals surface area (Å²) in [6, 6.07) is 80.4. The summed E-state index contributed by atoms with van der Waals surface area (Å²) < 4.78 is 4.94. The molecule has 1 aliphatic rings. The van der Waals surface area contributed by atoms with Gasteiger partial charge in [-0.3, -0.25) is 0 Å². The first kappa shape index (κ1) is 33.0. The van der Waals surface area contributed by atoms with Crippen LogP contribution in [-0.4, -0.2) is 4.57 Å². The average molecular weight is 757 g/mol. The van der Waals surface area contributed by atoms with Crippen LogP contribution in [0.15, 0.2) is 218 Å². The SMILES string of the molecule is c1ccc(N(c2ccc3c(c2)c2ccccc2n3-c2ccccc2)c2cccc3c2sc2cccc(C4(c5ccccc5)c5ccccc5-c5ccccc54)c23)cc1. The van der Waals surface area contributed by atoms with E-state index in [4.69, 9.17) is 0 Å². The smallest absolute Gasteiger partial charge is 0.0720 e. The van der Waals surface area contributed by atoms with E-state index in [0.29, 0.717) is 0 Å². The molecule has 11 aromatic rings. The molecule has 0 radical (unpaired) electrons. The summed E-state index contributed by atoms with van der Waals surface area (Å²) in [5.41, 5.74) is 14.4. The van der Waals surface area contributed by atoms with Crippen LogP contribution in [0.3, 0.4) is 0 Å². The molecule has 0 unspecified atom stereocenters. The lowest BCUT2D eigenvalue weighted by molar-refractivity contribution is 0.777. The average Bonchev–Trinajstić information content (AvgIpc) is 3.95. The van der Waals surface area contributed by atoms with Crippen LogP contribution in [0.4, 0.5) is 17.1 Å². The Morgan fingerprint density at radius 3 is 1.76 bits per heavy atom. The lowest BCUT2D eigenvalue weighted by Crippen LogP contribution is -2.28. The van der Waals surface area contributed by atoms with Crippen molar-refractivity contribution < 1.29 is 0 Å². The number of anilines is 3. The summed E-state index contributed by atoms with van der Waals surface area (Å²) in [4.78, 5) is 2.46. The molecule has 0 N–H and O–H groups in total. The van der Waals surface area contributed by atoms with Gasteiger partial charge < -0.3 is 9.47 Å². The molecule has 2 heterocycles. The number of hydrogen-bond donors (Lipinski definition) is 0. The highest BCUT2D eigenvalue weighted by Crippen LogP contribution is 2.59. The van der Waals surface area contributed by atoms with E-state index in [1.807, 2.05) is 11.3 Å². The maximum Gasteiger partial charge on any atom is 0.0720 e. The zero-order chi connectivity index (χ0) is 38.2. The number of rotatable bonds is 6. The Hall–Kier alpha value is -7.20. The van der Waals surface area contributed by atoms with Gasteiger partial charge in [-0.1, -0.05) is 158 Å². The highest BCUT2D eigenvalue weighted by atomic mass is 32.1. The predicted molar refractivity (Wildman–Crippen MR) is 246 cm³/mol. The van der Waals surface area contributed by atoms with Crippen LogP contribution in [0.5, 0.6) is 0 Å². The summed E-state index contributed by atoms with van der Waals surface area (Å²) in [5.74, 6) is 0. The van der Waals surface area contributed by atoms with E-state index in [1.165, 1.54) is 81.0 Å². The second-order valence-corrected chi connectivity index (χ2v) is 16.3. The number of para-hydroxylation sites is 3. The van der Waals surface area contributed by atoms with Gasteiger partial charge in [-0.15, -0.1) is 11.3 Å². The molecule has 2 nitrogen and oxygen atoms in total. The summed E-state index contributed by atoms with van der Waals surface area (Å²) in [7, 11) is 0. The maximum absolute atomic E-state index is 2.46. The van der Waals surface area contributed by atoms with Crippen LogP contribution in [0.25, 0.3) is 58.8 Å². The highest BCUT2D eigenvalue weighted by Gasteiger charge is 2.47. The zero-order valence-electron chi connectivity index (χ0n) is 31.6. The lowest BCUT2D eigenvalue weighted by atomic mass is 9.66. The third-order valence-corrected chi connectivity index (χ3v) is 13.4. The Bertz CT molecular complexity index is 3300. The van der Waals surface area contributed by atoms with Gasteiger partial charge in [0.2, 0.25) is 0 Å². The Morgan fingerprint density at radius 2 is 1.00 bits per heavy atom. The second kappa shape index (κ2) is 12.9. The van der Waals surface area contributed by atoms with Crippen molar-refractivity contribution in [3.63, 3.8) is 0 Å². The van der Waals surface area contributed by atoms with E-state index >= 15 is 0 Å². The molecule has 0 fully saturated rings. The molecule has 0 saturated carbocycles. The zero-order valence-corrected chi connectivity index (χ0v) is 32.4. The maximum atomic E-state index is 2.46. The van der Waals surface area contributed by atoms with Crippen LogP contribution in [0.2, 0.25) is 0 Å². The van der Waals surface area contributed by atoms with Crippen LogP contribution in [0, 0.1) is 0 Å². The van der Waals surface area contributed by atoms with E-state index in [9.17, 15) is 0 Å². The van der Waals surface area contributed by atoms with Gasteiger partial charge in [-0.05, 0) is 94.0 Å². The second-order valence-electron chi connectivity index (χ2n) is 15.2. The number of nitrogens with zero attached hydrogens (tertiary/aromatic N) is 2. The fraction of sp³-hybridized carbons (Fsp3) is 0.0182. The van der Waals surface area contributed by atoms with E-state index in [-0.39, 0.29) is 0 Å². The van der Waals surface area contributed by atoms with E-state index in [0.717, 1.165) is 17.1 Å². The number of benzene rings is 9. The largest absolute Gasteiger partial charge is 0.309 e. The lowest BCUT2D eigenvalue weighted by Gasteiger charge is -2.34. The van der Waals surface area contributed by atoms with Crippen molar-refractivity contribution in [2.24, 2.45) is 0 Å². The quantitative estimate of drug-likeness (QED) is 0.164. The molecule has 2 aromatic heterocycles. The Labute approximate surface area is 341 Å². The summed E-state index contributed by atoms with van der Waals surface area (Å²) in [6.07, 6.45) is 0. The minimum Gasteiger partial charge on any atom is -0.309 e. The molecule has 0 amide bonds. The number of fused-ring (bicyclic) bond motifs is 9. The highest BCUT2D eigenvalue weighted by molar-refractivity contribution is 7.26. The normalized spacial score (nSPS) is 13.0. The molecule has 3 heteroatoms. The minimum atomic E-state index is -0.491. The molecule has 1 aliphatic carbocycles. The van der Waals surface area contributed by atoms with Gasteiger partial charge in [-0.25, -0.2) is 0 Å². The number of hydrogen-bond acceptors (Lipinski definition) is 2. The first-order valence-electron chi connectivity index (χ1n) is 19.9. The molecule has 0 spiro atoms. The van der Waals surface area contributed by atoms with Crippen molar-refractivity contribution in [3.05, 3.63) is 241 Å². The third-order valence-electron chi connectivity index (χ3n) is 12.2. The van der Waals surface area contributed by atoms with Gasteiger partial charge in [0.25, 0.3) is 0 Å². The van der Waals surface area contributed by atoms with Crippen molar-refractivity contribution in [2.45, 2.75) is 5.41 Å². The van der Waals surface area contributed by atoms with Crippen LogP contribution >= 0.6 is 11.3 Å². The molecular formula is C55H36N2S. The first-order chi connectivity index (χ1) is 28.8. The fourth-order valence-corrected chi connectivity index (χ4v) is 11.2. The van der Waals surface area contributed by atoms with Crippen LogP contribution in [-0.2, 0) is 5.41 Å². The van der Waals surface area contributed by atoms with Crippen molar-refractivity contribution >= 4 is 70.4 Å². The topological polar surface area (TPSA) is 8.17 Å². The summed E-state index contributed by atoms with van der Waals surface area (Å²) in [6.45, 7) is 0. The number of aromatic nitrogens is 1. The Morgan fingerprint density at radius 1 is 0.414 bits per heavy atom. The van der Waals surface area contributed by atoms with Gasteiger partial charge in [0.1, 0.15) is 0 Å². The molecule has 272 valence electrons. The molecule has 0 saturated heterocycles. The standard InChI is InChI=1S/C55H36N2S/c1-4-18-37(19-5-1)55(46-28-13-10-24-41(46)42-25-11-14-29-47(42)55)48-30-17-33-52-53(48)44-27-16-32-51(54(44)58-52)56(38-20-6-2-7-21-38)40-34-35-50-45(36-40)43-26-12-15-31-49(43)57(50)39-22-8-3-9-23-39/h1-36H. The van der Waals surface area contributed by atoms with Crippen molar-refractivity contribution in [1.29, 1.82) is 0 Å². The van der Waals surface area contributed by atoms with Gasteiger partial charge in [0.05, 0.1) is 26.8 Å². The first-order valence-corrected chi connectivity index (χ1v) is 20.8. The molecular weight excluding hydrogens is 721 g/mol. The van der Waals surface area contributed by atoms with Gasteiger partial charge in [0.15, 0.2) is 0 Å². The summed E-state index contributed by atoms with van der Waals surface area (Å²) >= 11 is 1.90. The third kappa shape index (κ3) is 4.65. The predicted octanol–water partition coefficient (Wildman–Crippen LogP) is 15.0. The number of thiophene rings is 1. The molecule has 12 rings (SSSR count). The van der Waals surface area contributed by atoms with E-state index in [2.05, 4.69) is 228 Å². The molecule has 0 bridgehead atoms. The minimum absolute atomic E-state index is 0.491. The summed E-state index contributed by atoms with van der Waals surface area (Å²) in [5, 5.41) is 5.05. The molecule has 0 aliphatic heterocycles. The van der Waals surface area contributed by atoms with Gasteiger partial charge in [-0.2, -0.15) is 0 Å². The van der Waals surface area contributed by atoms with Gasteiger partial charge in [0, 0.05) is 43.3 Å². The Balaban J connectivity index is 1.13. The van der Waals surface area contributed by atoms with E-state index < -0.39 is 5.41 Å². The van der Waals surface area contributed by atoms with E-state index in [1.54, 1.807) is 0 Å². The van der Waals surface area contributed by atoms with Crippen molar-refractivity contribution in [3.8, 4) is 16.8 Å².